The van der Waals surface area contributed by atoms with Crippen molar-refractivity contribution in [2.75, 3.05) is 6.54 Å². The van der Waals surface area contributed by atoms with Gasteiger partial charge in [-0.15, -0.1) is 0 Å². The maximum Gasteiger partial charge on any atom is 0.261 e. The van der Waals surface area contributed by atoms with Crippen LogP contribution in [0.15, 0.2) is 66.5 Å². The summed E-state index contributed by atoms with van der Waals surface area (Å²) < 4.78 is 1.99. The predicted octanol–water partition coefficient (Wildman–Crippen LogP) is 3.93. The molecule has 0 fully saturated rings. The Hall–Kier alpha value is -3.78. The number of aromatic amines is 1. The molecule has 138 valence electrons. The van der Waals surface area contributed by atoms with Crippen molar-refractivity contribution in [1.29, 1.82) is 5.26 Å². The van der Waals surface area contributed by atoms with Crippen LogP contribution in [-0.4, -0.2) is 22.0 Å². The van der Waals surface area contributed by atoms with Gasteiger partial charge in [-0.25, -0.2) is 0 Å². The van der Waals surface area contributed by atoms with E-state index in [1.54, 1.807) is 6.08 Å². The van der Waals surface area contributed by atoms with E-state index in [-0.39, 0.29) is 11.5 Å². The van der Waals surface area contributed by atoms with E-state index in [4.69, 9.17) is 0 Å². The summed E-state index contributed by atoms with van der Waals surface area (Å²) in [5.41, 5.74) is 4.26. The molecule has 0 unspecified atom stereocenters. The minimum atomic E-state index is -0.352. The van der Waals surface area contributed by atoms with Gasteiger partial charge in [-0.05, 0) is 30.2 Å². The van der Waals surface area contributed by atoms with Gasteiger partial charge in [0.1, 0.15) is 11.6 Å². The normalized spacial score (nSPS) is 11.6. The zero-order valence-corrected chi connectivity index (χ0v) is 15.6. The van der Waals surface area contributed by atoms with Crippen molar-refractivity contribution in [3.8, 4) is 6.07 Å². The van der Waals surface area contributed by atoms with E-state index in [1.807, 2.05) is 72.5 Å². The molecule has 0 spiro atoms. The number of benzene rings is 2. The number of rotatable bonds is 5. The first-order valence-corrected chi connectivity index (χ1v) is 9.16. The summed E-state index contributed by atoms with van der Waals surface area (Å²) in [6.45, 7) is 0.467. The van der Waals surface area contributed by atoms with Crippen LogP contribution >= 0.6 is 0 Å². The number of aryl methyl sites for hydroxylation is 1. The summed E-state index contributed by atoms with van der Waals surface area (Å²) in [7, 11) is 1.95. The Kier molecular flexibility index (Phi) is 4.69. The van der Waals surface area contributed by atoms with Crippen LogP contribution in [0.1, 0.15) is 11.1 Å². The van der Waals surface area contributed by atoms with Crippen LogP contribution in [0.3, 0.4) is 0 Å². The van der Waals surface area contributed by atoms with Gasteiger partial charge in [0.2, 0.25) is 0 Å². The summed E-state index contributed by atoms with van der Waals surface area (Å²) in [5.74, 6) is -0.352. The average Bonchev–Trinajstić information content (AvgIpc) is 3.27. The van der Waals surface area contributed by atoms with Gasteiger partial charge in [0.05, 0.1) is 0 Å². The van der Waals surface area contributed by atoms with Crippen molar-refractivity contribution in [2.24, 2.45) is 7.05 Å². The molecule has 0 radical (unpaired) electrons. The van der Waals surface area contributed by atoms with E-state index in [0.29, 0.717) is 13.0 Å². The lowest BCUT2D eigenvalue weighted by Gasteiger charge is -2.04. The van der Waals surface area contributed by atoms with Crippen LogP contribution in [0.25, 0.3) is 27.9 Å². The third-order valence-corrected chi connectivity index (χ3v) is 4.95. The number of aromatic nitrogens is 2. The van der Waals surface area contributed by atoms with Crippen LogP contribution < -0.4 is 5.32 Å². The largest absolute Gasteiger partial charge is 0.361 e. The Balaban J connectivity index is 1.48. The van der Waals surface area contributed by atoms with Gasteiger partial charge < -0.3 is 14.9 Å². The summed E-state index contributed by atoms with van der Waals surface area (Å²) >= 11 is 0. The van der Waals surface area contributed by atoms with E-state index >= 15 is 0 Å². The van der Waals surface area contributed by atoms with Crippen LogP contribution in [-0.2, 0) is 18.3 Å². The molecule has 0 aliphatic rings. The minimum absolute atomic E-state index is 0.107. The lowest BCUT2D eigenvalue weighted by molar-refractivity contribution is -0.117. The zero-order valence-electron chi connectivity index (χ0n) is 15.6. The Bertz CT molecular complexity index is 1240. The highest BCUT2D eigenvalue weighted by molar-refractivity contribution is 6.04. The number of nitrogens with one attached hydrogen (secondary N) is 2. The minimum Gasteiger partial charge on any atom is -0.361 e. The predicted molar refractivity (Wildman–Crippen MR) is 112 cm³/mol. The molecule has 5 heteroatoms. The fourth-order valence-corrected chi connectivity index (χ4v) is 3.54. The molecule has 4 aromatic rings. The summed E-state index contributed by atoms with van der Waals surface area (Å²) in [6.07, 6.45) is 6.25. The lowest BCUT2D eigenvalue weighted by Crippen LogP contribution is -2.26. The number of amides is 1. The van der Waals surface area contributed by atoms with Crippen molar-refractivity contribution in [3.63, 3.8) is 0 Å². The lowest BCUT2D eigenvalue weighted by atomic mass is 10.1. The molecule has 0 saturated carbocycles. The van der Waals surface area contributed by atoms with Gasteiger partial charge in [-0.1, -0.05) is 36.4 Å². The van der Waals surface area contributed by atoms with E-state index in [2.05, 4.69) is 16.4 Å². The molecule has 28 heavy (non-hydrogen) atoms. The number of nitrogens with zero attached hydrogens (tertiary/aromatic N) is 2. The Morgan fingerprint density at radius 3 is 2.75 bits per heavy atom. The fourth-order valence-electron chi connectivity index (χ4n) is 3.54. The van der Waals surface area contributed by atoms with Gasteiger partial charge in [0, 0.05) is 53.4 Å². The van der Waals surface area contributed by atoms with Gasteiger partial charge >= 0.3 is 0 Å². The first-order valence-electron chi connectivity index (χ1n) is 9.16. The van der Waals surface area contributed by atoms with Gasteiger partial charge in [-0.2, -0.15) is 5.26 Å². The molecule has 2 heterocycles. The molecule has 5 nitrogen and oxygen atoms in total. The first-order chi connectivity index (χ1) is 13.7. The molecule has 2 aromatic heterocycles. The van der Waals surface area contributed by atoms with Crippen LogP contribution in [0, 0.1) is 11.3 Å². The molecule has 0 bridgehead atoms. The van der Waals surface area contributed by atoms with Crippen molar-refractivity contribution in [3.05, 3.63) is 77.6 Å². The third-order valence-electron chi connectivity index (χ3n) is 4.95. The highest BCUT2D eigenvalue weighted by Crippen LogP contribution is 2.22. The van der Waals surface area contributed by atoms with Crippen molar-refractivity contribution < 1.29 is 4.79 Å². The number of H-pyrrole nitrogens is 1. The number of hydrogen-bond acceptors (Lipinski definition) is 2. The molecule has 0 aliphatic carbocycles. The Morgan fingerprint density at radius 2 is 1.93 bits per heavy atom. The number of para-hydroxylation sites is 2. The summed E-state index contributed by atoms with van der Waals surface area (Å²) in [6, 6.07) is 18.0. The molecule has 2 aromatic carbocycles. The summed E-state index contributed by atoms with van der Waals surface area (Å²) in [5, 5.41) is 14.5. The maximum absolute atomic E-state index is 12.5. The van der Waals surface area contributed by atoms with Crippen LogP contribution in [0.5, 0.6) is 0 Å². The molecule has 0 atom stereocenters. The summed E-state index contributed by atoms with van der Waals surface area (Å²) in [4.78, 5) is 15.7. The average molecular weight is 368 g/mol. The highest BCUT2D eigenvalue weighted by atomic mass is 16.1. The standard InChI is InChI=1S/C23H20N4O/c1-27-15-18(20-7-3-5-9-22(20)27)12-17(13-24)23(28)25-11-10-16-14-26-21-8-4-2-6-19(16)21/h2-9,12,14-15,26H,10-11H2,1H3,(H,25,28)/b17-12-. The second-order valence-corrected chi connectivity index (χ2v) is 6.75. The monoisotopic (exact) mass is 368 g/mol. The number of hydrogen-bond donors (Lipinski definition) is 2. The smallest absolute Gasteiger partial charge is 0.261 e. The van der Waals surface area contributed by atoms with Crippen LogP contribution in [0.4, 0.5) is 0 Å². The van der Waals surface area contributed by atoms with Gasteiger partial charge in [0.25, 0.3) is 5.91 Å². The molecule has 2 N–H and O–H groups in total. The second-order valence-electron chi connectivity index (χ2n) is 6.75. The van der Waals surface area contributed by atoms with Crippen LogP contribution in [0.2, 0.25) is 0 Å². The van der Waals surface area contributed by atoms with E-state index in [9.17, 15) is 10.1 Å². The number of carbonyl (C=O) groups excluding carboxylic acids is 1. The zero-order chi connectivity index (χ0) is 19.5. The number of fused-ring (bicyclic) bond motifs is 2. The fraction of sp³-hybridized carbons (Fsp3) is 0.130. The number of nitriles is 1. The third kappa shape index (κ3) is 3.28. The van der Waals surface area contributed by atoms with Crippen molar-refractivity contribution >= 4 is 33.8 Å². The van der Waals surface area contributed by atoms with E-state index in [0.717, 1.165) is 32.9 Å². The first kappa shape index (κ1) is 17.6. The number of carbonyl (C=O) groups is 1. The molecule has 0 aliphatic heterocycles. The second kappa shape index (κ2) is 7.45. The van der Waals surface area contributed by atoms with E-state index in [1.165, 1.54) is 0 Å². The molecule has 4 rings (SSSR count). The molecule has 1 amide bonds. The van der Waals surface area contributed by atoms with Crippen molar-refractivity contribution in [1.82, 2.24) is 14.9 Å². The van der Waals surface area contributed by atoms with Gasteiger partial charge in [-0.3, -0.25) is 4.79 Å². The maximum atomic E-state index is 12.5. The SMILES string of the molecule is Cn1cc(/C=C(/C#N)C(=O)NCCc2c[nH]c3ccccc23)c2ccccc21. The van der Waals surface area contributed by atoms with E-state index < -0.39 is 0 Å². The molecule has 0 saturated heterocycles. The molecular formula is C23H20N4O. The quantitative estimate of drug-likeness (QED) is 0.414. The van der Waals surface area contributed by atoms with Gasteiger partial charge in [0.15, 0.2) is 0 Å². The molecular weight excluding hydrogens is 348 g/mol. The topological polar surface area (TPSA) is 73.6 Å². The Morgan fingerprint density at radius 1 is 1.18 bits per heavy atom. The van der Waals surface area contributed by atoms with Crippen molar-refractivity contribution in [2.45, 2.75) is 6.42 Å². The Labute approximate surface area is 162 Å². The highest BCUT2D eigenvalue weighted by Gasteiger charge is 2.12.